The highest BCUT2D eigenvalue weighted by molar-refractivity contribution is 9.11. The van der Waals surface area contributed by atoms with E-state index in [4.69, 9.17) is 5.73 Å². The van der Waals surface area contributed by atoms with Gasteiger partial charge in [-0.25, -0.2) is 0 Å². The summed E-state index contributed by atoms with van der Waals surface area (Å²) in [5.41, 5.74) is 5.72. The fourth-order valence-electron chi connectivity index (χ4n) is 1.90. The van der Waals surface area contributed by atoms with Crippen molar-refractivity contribution in [2.45, 2.75) is 18.6 Å². The topological polar surface area (TPSA) is 83.6 Å². The van der Waals surface area contributed by atoms with Gasteiger partial charge in [-0.15, -0.1) is 11.3 Å². The number of hydrogen-bond donors (Lipinski definition) is 2. The van der Waals surface area contributed by atoms with E-state index in [2.05, 4.69) is 15.9 Å². The summed E-state index contributed by atoms with van der Waals surface area (Å²) in [7, 11) is 0. The minimum atomic E-state index is -0.712. The molecule has 0 radical (unpaired) electrons. The summed E-state index contributed by atoms with van der Waals surface area (Å²) in [6.45, 7) is 0.153. The van der Waals surface area contributed by atoms with Crippen LogP contribution < -0.4 is 5.73 Å². The second-order valence-corrected chi connectivity index (χ2v) is 6.20. The molecule has 17 heavy (non-hydrogen) atoms. The van der Waals surface area contributed by atoms with Gasteiger partial charge >= 0.3 is 0 Å². The van der Waals surface area contributed by atoms with Gasteiger partial charge in [0, 0.05) is 18.3 Å². The summed E-state index contributed by atoms with van der Waals surface area (Å²) in [5.74, 6) is -0.850. The van der Waals surface area contributed by atoms with Gasteiger partial charge in [-0.1, -0.05) is 0 Å². The first kappa shape index (κ1) is 12.5. The van der Waals surface area contributed by atoms with Crippen LogP contribution in [0.3, 0.4) is 0 Å². The molecule has 92 valence electrons. The molecule has 1 aliphatic rings. The zero-order chi connectivity index (χ0) is 12.6. The molecule has 2 heterocycles. The predicted octanol–water partition coefficient (Wildman–Crippen LogP) is 0.571. The average Bonchev–Trinajstić information content (AvgIpc) is 2.83. The van der Waals surface area contributed by atoms with Crippen molar-refractivity contribution in [2.75, 3.05) is 6.54 Å². The van der Waals surface area contributed by atoms with Crippen LogP contribution in [0.15, 0.2) is 15.2 Å². The summed E-state index contributed by atoms with van der Waals surface area (Å²) in [6, 6.07) is 0.978. The van der Waals surface area contributed by atoms with E-state index in [0.717, 1.165) is 3.79 Å². The fraction of sp³-hybridized carbons (Fsp3) is 0.400. The molecule has 2 rings (SSSR count). The third kappa shape index (κ3) is 2.51. The van der Waals surface area contributed by atoms with E-state index < -0.39 is 18.1 Å². The summed E-state index contributed by atoms with van der Waals surface area (Å²) in [6.07, 6.45) is -0.467. The van der Waals surface area contributed by atoms with Crippen LogP contribution in [0.2, 0.25) is 0 Å². The Hall–Kier alpha value is -0.920. The van der Waals surface area contributed by atoms with Crippen molar-refractivity contribution < 1.29 is 14.7 Å². The summed E-state index contributed by atoms with van der Waals surface area (Å²) in [4.78, 5) is 24.7. The number of aliphatic hydroxyl groups excluding tert-OH is 1. The first-order chi connectivity index (χ1) is 7.99. The summed E-state index contributed by atoms with van der Waals surface area (Å²) in [5, 5.41) is 11.2. The van der Waals surface area contributed by atoms with Gasteiger partial charge in [0.15, 0.2) is 0 Å². The number of aliphatic hydroxyl groups is 1. The van der Waals surface area contributed by atoms with E-state index in [1.807, 2.05) is 0 Å². The Bertz CT molecular complexity index is 462. The number of nitrogens with two attached hydrogens (primary N) is 1. The van der Waals surface area contributed by atoms with Gasteiger partial charge in [0.25, 0.3) is 5.91 Å². The lowest BCUT2D eigenvalue weighted by atomic mass is 10.2. The molecule has 0 bridgehead atoms. The molecule has 5 nitrogen and oxygen atoms in total. The Balaban J connectivity index is 2.21. The number of rotatable bonds is 2. The molecule has 1 aromatic heterocycles. The normalized spacial score (nSPS) is 24.0. The van der Waals surface area contributed by atoms with E-state index >= 15 is 0 Å². The van der Waals surface area contributed by atoms with Crippen molar-refractivity contribution in [1.29, 1.82) is 0 Å². The Kier molecular flexibility index (Phi) is 3.50. The monoisotopic (exact) mass is 318 g/mol. The highest BCUT2D eigenvalue weighted by Crippen LogP contribution is 2.25. The van der Waals surface area contributed by atoms with Crippen LogP contribution in [0.4, 0.5) is 0 Å². The largest absolute Gasteiger partial charge is 0.391 e. The third-order valence-corrected chi connectivity index (χ3v) is 4.19. The first-order valence-corrected chi connectivity index (χ1v) is 6.68. The molecule has 2 atom stereocenters. The van der Waals surface area contributed by atoms with Crippen LogP contribution in [0, 0.1) is 0 Å². The lowest BCUT2D eigenvalue weighted by Crippen LogP contribution is -2.43. The Morgan fingerprint density at radius 3 is 2.82 bits per heavy atom. The number of likely N-dealkylation sites (tertiary alicyclic amines) is 1. The molecule has 1 fully saturated rings. The van der Waals surface area contributed by atoms with Crippen LogP contribution >= 0.6 is 27.3 Å². The van der Waals surface area contributed by atoms with Gasteiger partial charge in [-0.05, 0) is 22.0 Å². The lowest BCUT2D eigenvalue weighted by molar-refractivity contribution is -0.121. The van der Waals surface area contributed by atoms with Crippen LogP contribution in [-0.4, -0.2) is 40.5 Å². The predicted molar refractivity (Wildman–Crippen MR) is 66.7 cm³/mol. The second-order valence-electron chi connectivity index (χ2n) is 3.90. The average molecular weight is 319 g/mol. The number of β-amino-alcohol motifs (C(OH)–C–C–N with tert-alkyl or cyclic N) is 1. The quantitative estimate of drug-likeness (QED) is 0.836. The molecule has 0 spiro atoms. The minimum Gasteiger partial charge on any atom is -0.391 e. The van der Waals surface area contributed by atoms with E-state index in [-0.39, 0.29) is 18.9 Å². The van der Waals surface area contributed by atoms with Crippen molar-refractivity contribution in [2.24, 2.45) is 5.73 Å². The minimum absolute atomic E-state index is 0.153. The SMILES string of the molecule is NC(=O)C1CC(O)CN1C(=O)c1csc(Br)c1. The third-order valence-electron chi connectivity index (χ3n) is 2.68. The number of nitrogens with zero attached hydrogens (tertiary/aromatic N) is 1. The molecular weight excluding hydrogens is 308 g/mol. The van der Waals surface area contributed by atoms with E-state index in [1.165, 1.54) is 16.2 Å². The van der Waals surface area contributed by atoms with E-state index in [1.54, 1.807) is 11.4 Å². The zero-order valence-electron chi connectivity index (χ0n) is 8.80. The Labute approximate surface area is 110 Å². The van der Waals surface area contributed by atoms with Gasteiger partial charge in [0.05, 0.1) is 15.5 Å². The fourth-order valence-corrected chi connectivity index (χ4v) is 3.03. The molecular formula is C10H11BrN2O3S. The van der Waals surface area contributed by atoms with Gasteiger partial charge in [0.1, 0.15) is 6.04 Å². The highest BCUT2D eigenvalue weighted by atomic mass is 79.9. The number of hydrogen-bond acceptors (Lipinski definition) is 4. The maximum absolute atomic E-state index is 12.1. The van der Waals surface area contributed by atoms with Crippen molar-refractivity contribution in [3.8, 4) is 0 Å². The molecule has 0 aromatic carbocycles. The van der Waals surface area contributed by atoms with E-state index in [0.29, 0.717) is 5.56 Å². The molecule has 1 aliphatic heterocycles. The number of amides is 2. The molecule has 1 saturated heterocycles. The highest BCUT2D eigenvalue weighted by Gasteiger charge is 2.38. The summed E-state index contributed by atoms with van der Waals surface area (Å²) >= 11 is 4.66. The first-order valence-electron chi connectivity index (χ1n) is 5.01. The van der Waals surface area contributed by atoms with Gasteiger partial charge in [-0.2, -0.15) is 0 Å². The molecule has 2 unspecified atom stereocenters. The number of carbonyl (C=O) groups is 2. The summed E-state index contributed by atoms with van der Waals surface area (Å²) < 4.78 is 0.844. The molecule has 1 aromatic rings. The lowest BCUT2D eigenvalue weighted by Gasteiger charge is -2.21. The maximum Gasteiger partial charge on any atom is 0.255 e. The van der Waals surface area contributed by atoms with Gasteiger partial charge in [0.2, 0.25) is 5.91 Å². The van der Waals surface area contributed by atoms with Crippen LogP contribution in [0.25, 0.3) is 0 Å². The number of halogens is 1. The number of carbonyl (C=O) groups excluding carboxylic acids is 2. The van der Waals surface area contributed by atoms with Crippen molar-refractivity contribution >= 4 is 39.1 Å². The molecule has 7 heteroatoms. The maximum atomic E-state index is 12.1. The van der Waals surface area contributed by atoms with Gasteiger partial charge in [-0.3, -0.25) is 9.59 Å². The zero-order valence-corrected chi connectivity index (χ0v) is 11.2. The number of thiophene rings is 1. The van der Waals surface area contributed by atoms with Gasteiger partial charge < -0.3 is 15.7 Å². The molecule has 3 N–H and O–H groups in total. The van der Waals surface area contributed by atoms with Crippen LogP contribution in [0.5, 0.6) is 0 Å². The standard InChI is InChI=1S/C10H11BrN2O3S/c11-8-1-5(4-17-8)10(16)13-3-6(14)2-7(13)9(12)15/h1,4,6-7,14H,2-3H2,(H2,12,15). The van der Waals surface area contributed by atoms with Crippen molar-refractivity contribution in [3.63, 3.8) is 0 Å². The second kappa shape index (κ2) is 4.75. The van der Waals surface area contributed by atoms with Crippen LogP contribution in [0.1, 0.15) is 16.8 Å². The van der Waals surface area contributed by atoms with Crippen molar-refractivity contribution in [3.05, 3.63) is 20.8 Å². The van der Waals surface area contributed by atoms with Crippen LogP contribution in [-0.2, 0) is 4.79 Å². The van der Waals surface area contributed by atoms with Crippen molar-refractivity contribution in [1.82, 2.24) is 4.90 Å². The van der Waals surface area contributed by atoms with E-state index in [9.17, 15) is 14.7 Å². The Morgan fingerprint density at radius 1 is 1.59 bits per heavy atom. The smallest absolute Gasteiger partial charge is 0.255 e. The molecule has 0 saturated carbocycles. The Morgan fingerprint density at radius 2 is 2.29 bits per heavy atom. The molecule has 2 amide bonds. The number of primary amides is 1. The molecule has 0 aliphatic carbocycles.